The molecular formula is C42H50Cl2N4O2. The van der Waals surface area contributed by atoms with E-state index in [1.54, 1.807) is 14.2 Å². The number of nitrogens with zero attached hydrogens (tertiary/aromatic N) is 2. The number of anilines is 2. The third kappa shape index (κ3) is 9.21. The van der Waals surface area contributed by atoms with E-state index in [1.165, 1.54) is 65.2 Å². The first-order valence-electron chi connectivity index (χ1n) is 18.7. The Morgan fingerprint density at radius 3 is 1.26 bits per heavy atom. The zero-order valence-corrected chi connectivity index (χ0v) is 31.1. The lowest BCUT2D eigenvalue weighted by molar-refractivity contribution is 0.415. The molecule has 264 valence electrons. The van der Waals surface area contributed by atoms with Crippen LogP contribution in [0.25, 0.3) is 43.6 Å². The first-order valence-corrected chi connectivity index (χ1v) is 18.4. The van der Waals surface area contributed by atoms with Gasteiger partial charge in [-0.25, -0.2) is 9.97 Å². The van der Waals surface area contributed by atoms with E-state index in [-0.39, 0.29) is 0 Å². The average Bonchev–Trinajstić information content (AvgIpc) is 3.15. The number of methoxy groups -OCH3 is 2. The predicted octanol–water partition coefficient (Wildman–Crippen LogP) is 12.9. The number of benzene rings is 4. The summed E-state index contributed by atoms with van der Waals surface area (Å²) in [6.07, 6.45) is 13.9. The van der Waals surface area contributed by atoms with E-state index in [2.05, 4.69) is 34.9 Å². The highest BCUT2D eigenvalue weighted by molar-refractivity contribution is 6.32. The second kappa shape index (κ2) is 18.3. The molecule has 6 aromatic rings. The van der Waals surface area contributed by atoms with Gasteiger partial charge in [0.15, 0.2) is 0 Å². The van der Waals surface area contributed by atoms with Gasteiger partial charge in [0.2, 0.25) is 0 Å². The van der Waals surface area contributed by atoms with Crippen LogP contribution in [0.15, 0.2) is 72.8 Å². The Kier molecular flexibility index (Phi) is 13.1. The summed E-state index contributed by atoms with van der Waals surface area (Å²) in [4.78, 5) is 9.67. The van der Waals surface area contributed by atoms with Crippen molar-refractivity contribution in [3.05, 3.63) is 82.8 Å². The van der Waals surface area contributed by atoms with Crippen molar-refractivity contribution in [1.82, 2.24) is 9.97 Å². The molecule has 8 heteroatoms. The lowest BCUT2D eigenvalue weighted by atomic mass is 10.0. The van der Waals surface area contributed by atoms with Crippen molar-refractivity contribution in [2.75, 3.05) is 37.9 Å². The first kappa shape index (κ1) is 35.8. The van der Waals surface area contributed by atoms with Crippen LogP contribution in [-0.2, 0) is 0 Å². The number of aromatic nitrogens is 2. The molecule has 0 spiro atoms. The number of ether oxygens (including phenoxy) is 2. The quantitative estimate of drug-likeness (QED) is 0.0682. The predicted molar refractivity (Wildman–Crippen MR) is 216 cm³/mol. The van der Waals surface area contributed by atoms with Gasteiger partial charge in [0.25, 0.3) is 0 Å². The monoisotopic (exact) mass is 713 g/mol. The zero-order valence-electron chi connectivity index (χ0n) is 30.6. The van der Waals surface area contributed by atoms with E-state index in [0.717, 1.165) is 92.4 Å². The number of rotatable bonds is 18. The number of hydrogen-bond donors (Lipinski definition) is 2. The van der Waals surface area contributed by atoms with Crippen molar-refractivity contribution in [2.45, 2.75) is 78.0 Å². The topological polar surface area (TPSA) is 68.3 Å². The highest BCUT2D eigenvalue weighted by Crippen LogP contribution is 2.36. The van der Waals surface area contributed by atoms with Crippen molar-refractivity contribution in [3.8, 4) is 11.5 Å². The lowest BCUT2D eigenvalue weighted by Gasteiger charge is -2.14. The number of nitrogens with one attached hydrogen (secondary N) is 2. The van der Waals surface area contributed by atoms with E-state index in [4.69, 9.17) is 44.0 Å². The van der Waals surface area contributed by atoms with Gasteiger partial charge in [-0.1, -0.05) is 88.4 Å². The minimum Gasteiger partial charge on any atom is -0.497 e. The van der Waals surface area contributed by atoms with Crippen LogP contribution < -0.4 is 20.1 Å². The Morgan fingerprint density at radius 2 is 0.880 bits per heavy atom. The third-order valence-corrected chi connectivity index (χ3v) is 9.81. The molecule has 0 radical (unpaired) electrons. The maximum Gasteiger partial charge on any atom is 0.119 e. The van der Waals surface area contributed by atoms with Crippen molar-refractivity contribution in [2.24, 2.45) is 0 Å². The molecule has 0 aliphatic heterocycles. The molecule has 6 nitrogen and oxygen atoms in total. The van der Waals surface area contributed by atoms with Gasteiger partial charge in [0.05, 0.1) is 47.7 Å². The van der Waals surface area contributed by atoms with Crippen molar-refractivity contribution < 1.29 is 10.8 Å². The number of hydrogen-bond acceptors (Lipinski definition) is 6. The molecule has 0 aliphatic rings. The molecule has 50 heavy (non-hydrogen) atoms. The summed E-state index contributed by atoms with van der Waals surface area (Å²) >= 11 is 12.6. The molecule has 4 aromatic carbocycles. The minimum absolute atomic E-state index is 0.699. The van der Waals surface area contributed by atoms with Gasteiger partial charge in [0, 0.05) is 46.1 Å². The second-order valence-electron chi connectivity index (χ2n) is 12.8. The maximum absolute atomic E-state index is 6.28. The maximum atomic E-state index is 6.28. The average molecular weight is 715 g/mol. The van der Waals surface area contributed by atoms with E-state index in [9.17, 15) is 0 Å². The standard InChI is InChI=1S/C41H46Cl2N4O2.CH4/c1-48-30-16-20-36-34(26-30)40(32-18-14-28(42)24-38(32)46-36)44-22-12-10-8-6-4-3-5-7-9-11-13-23-45-41-33-19-15-29(43)25-39(33)47-37-21-17-31(49-2)27-35(37)41;/h14-21,24-27H,3-13,22-23H2,1-2H3,(H,44,46)(H,45,47);1H4/i;1D. The van der Waals surface area contributed by atoms with E-state index < -0.39 is 0 Å². The van der Waals surface area contributed by atoms with E-state index >= 15 is 0 Å². The van der Waals surface area contributed by atoms with Gasteiger partial charge < -0.3 is 20.1 Å². The van der Waals surface area contributed by atoms with Crippen molar-refractivity contribution in [1.29, 1.82) is 0 Å². The number of fused-ring (bicyclic) bond motifs is 4. The summed E-state index contributed by atoms with van der Waals surface area (Å²) in [6.45, 7) is 1.86. The Labute approximate surface area is 308 Å². The molecule has 0 aliphatic carbocycles. The van der Waals surface area contributed by atoms with Gasteiger partial charge in [-0.05, 0) is 85.6 Å². The third-order valence-electron chi connectivity index (χ3n) is 9.34. The van der Waals surface area contributed by atoms with Crippen LogP contribution in [0.4, 0.5) is 11.4 Å². The van der Waals surface area contributed by atoms with Crippen LogP contribution in [0.5, 0.6) is 11.5 Å². The molecule has 6 rings (SSSR count). The summed E-state index contributed by atoms with van der Waals surface area (Å²) in [5.41, 5.74) is 5.91. The summed E-state index contributed by atoms with van der Waals surface area (Å²) in [6, 6.07) is 23.9. The Balaban J connectivity index is 0.00000248. The van der Waals surface area contributed by atoms with Crippen LogP contribution in [0, 0.1) is 0 Å². The molecule has 0 amide bonds. The molecule has 0 saturated heterocycles. The van der Waals surface area contributed by atoms with Gasteiger partial charge >= 0.3 is 0 Å². The number of pyridine rings is 2. The number of halogens is 2. The highest BCUT2D eigenvalue weighted by Gasteiger charge is 2.12. The van der Waals surface area contributed by atoms with Crippen LogP contribution in [-0.4, -0.2) is 37.3 Å². The summed E-state index contributed by atoms with van der Waals surface area (Å²) in [7, 11) is 4.65. The van der Waals surface area contributed by atoms with Gasteiger partial charge in [-0.3, -0.25) is 0 Å². The lowest BCUT2D eigenvalue weighted by Crippen LogP contribution is -2.04. The molecule has 0 saturated carbocycles. The Morgan fingerprint density at radius 1 is 0.500 bits per heavy atom. The molecule has 0 atom stereocenters. The summed E-state index contributed by atoms with van der Waals surface area (Å²) < 4.78 is 16.7. The van der Waals surface area contributed by atoms with Crippen LogP contribution in [0.2, 0.25) is 10.0 Å². The smallest absolute Gasteiger partial charge is 0.119 e. The summed E-state index contributed by atoms with van der Waals surface area (Å²) in [5.74, 6) is 1.67. The summed E-state index contributed by atoms with van der Waals surface area (Å²) in [5, 5.41) is 13.2. The molecule has 0 bridgehead atoms. The largest absolute Gasteiger partial charge is 0.497 e. The van der Waals surface area contributed by atoms with Crippen molar-refractivity contribution in [3.63, 3.8) is 0 Å². The van der Waals surface area contributed by atoms with Gasteiger partial charge in [-0.15, -0.1) is 0 Å². The SMILES string of the molecule is COc1ccc2nc3cc(Cl)ccc3c(NCCCCCCCCCCCCCNc3c4ccc(Cl)cc4nc4ccc(OC)cc34)c2c1.[2H]C. The van der Waals surface area contributed by atoms with Crippen LogP contribution >= 0.6 is 23.2 Å². The Bertz CT molecular complexity index is 1900. The molecular weight excluding hydrogens is 663 g/mol. The molecule has 2 N–H and O–H groups in total. The van der Waals surface area contributed by atoms with Gasteiger partial charge in [-0.2, -0.15) is 0 Å². The molecule has 0 unspecified atom stereocenters. The van der Waals surface area contributed by atoms with Crippen LogP contribution in [0.3, 0.4) is 0 Å². The fourth-order valence-corrected chi connectivity index (χ4v) is 7.03. The normalized spacial score (nSPS) is 11.4. The first-order chi connectivity index (χ1) is 25.0. The highest BCUT2D eigenvalue weighted by atomic mass is 35.5. The van der Waals surface area contributed by atoms with Crippen LogP contribution in [0.1, 0.15) is 79.4 Å². The fourth-order valence-electron chi connectivity index (χ4n) is 6.70. The number of unbranched alkanes of at least 4 members (excludes halogenated alkanes) is 10. The van der Waals surface area contributed by atoms with Crippen molar-refractivity contribution >= 4 is 78.2 Å². The second-order valence-corrected chi connectivity index (χ2v) is 13.7. The zero-order chi connectivity index (χ0) is 36.0. The molecule has 2 heterocycles. The van der Waals surface area contributed by atoms with Gasteiger partial charge in [0.1, 0.15) is 11.5 Å². The van der Waals surface area contributed by atoms with E-state index in [1.807, 2.05) is 48.5 Å². The fraction of sp³-hybridized carbons (Fsp3) is 0.381. The molecule has 0 fully saturated rings. The molecule has 2 aromatic heterocycles. The Hall–Kier alpha value is -4.00. The minimum atomic E-state index is 0.699. The van der Waals surface area contributed by atoms with E-state index in [0.29, 0.717) is 10.0 Å².